The second-order valence-corrected chi connectivity index (χ2v) is 8.65. The molecule has 0 aliphatic rings. The third-order valence-corrected chi connectivity index (χ3v) is 6.24. The summed E-state index contributed by atoms with van der Waals surface area (Å²) in [5.74, 6) is 0. The van der Waals surface area contributed by atoms with E-state index in [9.17, 15) is 4.79 Å². The van der Waals surface area contributed by atoms with Gasteiger partial charge >= 0.3 is 0 Å². The van der Waals surface area contributed by atoms with Crippen molar-refractivity contribution in [1.29, 1.82) is 0 Å². The molecule has 0 atom stereocenters. The van der Waals surface area contributed by atoms with Gasteiger partial charge in [-0.25, -0.2) is 4.98 Å². The van der Waals surface area contributed by atoms with Gasteiger partial charge in [-0.3, -0.25) is 9.36 Å². The zero-order valence-electron chi connectivity index (χ0n) is 18.3. The van der Waals surface area contributed by atoms with Crippen molar-refractivity contribution in [3.8, 4) is 0 Å². The third-order valence-electron chi connectivity index (χ3n) is 5.51. The molecule has 0 N–H and O–H groups in total. The molecule has 1 aromatic rings. The summed E-state index contributed by atoms with van der Waals surface area (Å²) in [5.41, 5.74) is 1.97. The predicted octanol–water partition coefficient (Wildman–Crippen LogP) is 6.83. The molecular formula is C23H42N2OS. The van der Waals surface area contributed by atoms with E-state index in [0.717, 1.165) is 29.3 Å². The molecule has 1 rings (SSSR count). The lowest BCUT2D eigenvalue weighted by Crippen LogP contribution is -2.25. The Balaban J connectivity index is 2.04. The van der Waals surface area contributed by atoms with Gasteiger partial charge in [-0.15, -0.1) is 0 Å². The summed E-state index contributed by atoms with van der Waals surface area (Å²) in [4.78, 5) is 17.0. The van der Waals surface area contributed by atoms with Crippen LogP contribution in [-0.2, 0) is 13.5 Å². The molecule has 0 unspecified atom stereocenters. The summed E-state index contributed by atoms with van der Waals surface area (Å²) in [6.07, 6.45) is 21.9. The standard InChI is InChI=1S/C23H42N2OS/c1-5-6-7-8-9-10-11-12-13-14-15-16-17-18-19-21-20(2)24-23(27-4)25(3)22(21)26/h5-19H2,1-4H3. The van der Waals surface area contributed by atoms with Crippen molar-refractivity contribution in [3.05, 3.63) is 21.6 Å². The lowest BCUT2D eigenvalue weighted by atomic mass is 10.0. The summed E-state index contributed by atoms with van der Waals surface area (Å²) in [5, 5.41) is 0.808. The average molecular weight is 395 g/mol. The first kappa shape index (κ1) is 24.3. The lowest BCUT2D eigenvalue weighted by molar-refractivity contribution is 0.534. The molecule has 0 bridgehead atoms. The van der Waals surface area contributed by atoms with E-state index in [-0.39, 0.29) is 5.56 Å². The predicted molar refractivity (Wildman–Crippen MR) is 120 cm³/mol. The Kier molecular flexibility index (Phi) is 13.7. The largest absolute Gasteiger partial charge is 0.291 e. The Bertz CT molecular complexity index is 568. The minimum atomic E-state index is 0.140. The number of thioether (sulfide) groups is 1. The van der Waals surface area contributed by atoms with E-state index < -0.39 is 0 Å². The van der Waals surface area contributed by atoms with E-state index in [2.05, 4.69) is 11.9 Å². The van der Waals surface area contributed by atoms with Crippen molar-refractivity contribution in [2.24, 2.45) is 7.05 Å². The van der Waals surface area contributed by atoms with Gasteiger partial charge in [0.1, 0.15) is 0 Å². The molecule has 0 radical (unpaired) electrons. The second-order valence-electron chi connectivity index (χ2n) is 7.87. The monoisotopic (exact) mass is 394 g/mol. The highest BCUT2D eigenvalue weighted by Gasteiger charge is 2.10. The van der Waals surface area contributed by atoms with Crippen molar-refractivity contribution < 1.29 is 0 Å². The molecule has 0 fully saturated rings. The third kappa shape index (κ3) is 9.82. The van der Waals surface area contributed by atoms with E-state index >= 15 is 0 Å². The molecule has 0 spiro atoms. The maximum absolute atomic E-state index is 12.4. The zero-order valence-corrected chi connectivity index (χ0v) is 19.1. The fourth-order valence-corrected chi connectivity index (χ4v) is 4.28. The maximum Gasteiger partial charge on any atom is 0.257 e. The number of nitrogens with zero attached hydrogens (tertiary/aromatic N) is 2. The summed E-state index contributed by atoms with van der Waals surface area (Å²) in [6.45, 7) is 4.25. The van der Waals surface area contributed by atoms with Crippen LogP contribution in [0.4, 0.5) is 0 Å². The van der Waals surface area contributed by atoms with Crippen LogP contribution in [0.1, 0.15) is 108 Å². The van der Waals surface area contributed by atoms with Gasteiger partial charge in [-0.2, -0.15) is 0 Å². The lowest BCUT2D eigenvalue weighted by Gasteiger charge is -2.10. The van der Waals surface area contributed by atoms with Crippen LogP contribution in [0.3, 0.4) is 0 Å². The van der Waals surface area contributed by atoms with E-state index in [1.165, 1.54) is 95.2 Å². The minimum Gasteiger partial charge on any atom is -0.291 e. The molecule has 0 saturated heterocycles. The van der Waals surface area contributed by atoms with Gasteiger partial charge in [0.15, 0.2) is 5.16 Å². The molecule has 4 heteroatoms. The Morgan fingerprint density at radius 3 is 1.70 bits per heavy atom. The smallest absolute Gasteiger partial charge is 0.257 e. The number of aryl methyl sites for hydroxylation is 1. The quantitative estimate of drug-likeness (QED) is 0.175. The van der Waals surface area contributed by atoms with Crippen molar-refractivity contribution >= 4 is 11.8 Å². The summed E-state index contributed by atoms with van der Waals surface area (Å²) in [6, 6.07) is 0. The summed E-state index contributed by atoms with van der Waals surface area (Å²) < 4.78 is 1.69. The molecule has 0 aliphatic carbocycles. The topological polar surface area (TPSA) is 34.9 Å². The van der Waals surface area contributed by atoms with Crippen molar-refractivity contribution in [2.45, 2.75) is 115 Å². The zero-order chi connectivity index (χ0) is 19.9. The molecule has 0 aliphatic heterocycles. The minimum absolute atomic E-state index is 0.140. The summed E-state index contributed by atoms with van der Waals surface area (Å²) >= 11 is 1.53. The Morgan fingerprint density at radius 2 is 1.26 bits per heavy atom. The normalized spacial score (nSPS) is 11.3. The highest BCUT2D eigenvalue weighted by atomic mass is 32.2. The van der Waals surface area contributed by atoms with Crippen LogP contribution in [0, 0.1) is 6.92 Å². The van der Waals surface area contributed by atoms with Gasteiger partial charge in [0.25, 0.3) is 5.56 Å². The Hall–Kier alpha value is -0.770. The molecule has 27 heavy (non-hydrogen) atoms. The molecule has 0 amide bonds. The fraction of sp³-hybridized carbons (Fsp3) is 0.826. The van der Waals surface area contributed by atoms with E-state index in [1.54, 1.807) is 4.57 Å². The molecule has 1 aromatic heterocycles. The van der Waals surface area contributed by atoms with Crippen molar-refractivity contribution in [2.75, 3.05) is 6.26 Å². The van der Waals surface area contributed by atoms with Crippen LogP contribution in [0.25, 0.3) is 0 Å². The number of hydrogen-bond donors (Lipinski definition) is 0. The first-order valence-corrected chi connectivity index (χ1v) is 12.4. The molecule has 3 nitrogen and oxygen atoms in total. The van der Waals surface area contributed by atoms with Crippen LogP contribution in [0.15, 0.2) is 9.95 Å². The SMILES string of the molecule is CCCCCCCCCCCCCCCCc1c(C)nc(SC)n(C)c1=O. The van der Waals surface area contributed by atoms with Gasteiger partial charge in [-0.05, 0) is 26.0 Å². The Morgan fingerprint density at radius 1 is 0.815 bits per heavy atom. The number of rotatable bonds is 16. The number of unbranched alkanes of at least 4 members (excludes halogenated alkanes) is 13. The van der Waals surface area contributed by atoms with Crippen LogP contribution >= 0.6 is 11.8 Å². The highest BCUT2D eigenvalue weighted by molar-refractivity contribution is 7.98. The first-order valence-electron chi connectivity index (χ1n) is 11.2. The van der Waals surface area contributed by atoms with Crippen LogP contribution < -0.4 is 5.56 Å². The molecule has 156 valence electrons. The van der Waals surface area contributed by atoms with Crippen molar-refractivity contribution in [3.63, 3.8) is 0 Å². The second kappa shape index (κ2) is 15.2. The van der Waals surface area contributed by atoms with E-state index in [4.69, 9.17) is 0 Å². The van der Waals surface area contributed by atoms with E-state index in [0.29, 0.717) is 0 Å². The molecule has 0 saturated carbocycles. The molecular weight excluding hydrogens is 352 g/mol. The van der Waals surface area contributed by atoms with Gasteiger partial charge in [0, 0.05) is 18.3 Å². The average Bonchev–Trinajstić information content (AvgIpc) is 2.67. The number of aromatic nitrogens is 2. The van der Waals surface area contributed by atoms with Crippen LogP contribution in [0.5, 0.6) is 0 Å². The maximum atomic E-state index is 12.4. The molecule has 0 aromatic carbocycles. The van der Waals surface area contributed by atoms with E-state index in [1.807, 2.05) is 20.2 Å². The first-order chi connectivity index (χ1) is 13.1. The van der Waals surface area contributed by atoms with Gasteiger partial charge in [0.05, 0.1) is 0 Å². The van der Waals surface area contributed by atoms with Crippen LogP contribution in [0.2, 0.25) is 0 Å². The van der Waals surface area contributed by atoms with Gasteiger partial charge < -0.3 is 0 Å². The molecule has 1 heterocycles. The highest BCUT2D eigenvalue weighted by Crippen LogP contribution is 2.15. The Labute approximate surface area is 171 Å². The van der Waals surface area contributed by atoms with Gasteiger partial charge in [0.2, 0.25) is 0 Å². The van der Waals surface area contributed by atoms with Crippen LogP contribution in [-0.4, -0.2) is 15.8 Å². The number of hydrogen-bond acceptors (Lipinski definition) is 3. The van der Waals surface area contributed by atoms with Gasteiger partial charge in [-0.1, -0.05) is 102 Å². The fourth-order valence-electron chi connectivity index (χ4n) is 3.70. The summed E-state index contributed by atoms with van der Waals surface area (Å²) in [7, 11) is 1.83. The van der Waals surface area contributed by atoms with Crippen molar-refractivity contribution in [1.82, 2.24) is 9.55 Å².